The van der Waals surface area contributed by atoms with Gasteiger partial charge >= 0.3 is 0 Å². The summed E-state index contributed by atoms with van der Waals surface area (Å²) >= 11 is 0. The molecule has 0 amide bonds. The first-order valence-electron chi connectivity index (χ1n) is 28.7. The maximum Gasteiger partial charge on any atom is 0.0542 e. The molecule has 74 heavy (non-hydrogen) atoms. The van der Waals surface area contributed by atoms with Crippen LogP contribution in [0.25, 0.3) is 93.6 Å². The van der Waals surface area contributed by atoms with E-state index in [-0.39, 0.29) is 0 Å². The van der Waals surface area contributed by atoms with Crippen LogP contribution in [0.1, 0.15) is 129 Å². The van der Waals surface area contributed by atoms with E-state index in [4.69, 9.17) is 0 Å². The second-order valence-electron chi connectivity index (χ2n) is 21.9. The zero-order chi connectivity index (χ0) is 50.7. The van der Waals surface area contributed by atoms with Crippen LogP contribution in [0.5, 0.6) is 0 Å². The molecule has 0 spiro atoms. The van der Waals surface area contributed by atoms with Gasteiger partial charge in [0, 0.05) is 49.3 Å². The van der Waals surface area contributed by atoms with Gasteiger partial charge in [-0.05, 0) is 144 Å². The number of rotatable bonds is 21. The van der Waals surface area contributed by atoms with Crippen LogP contribution in [0, 0.1) is 17.8 Å². The third-order valence-corrected chi connectivity index (χ3v) is 17.1. The van der Waals surface area contributed by atoms with Crippen LogP contribution in [0.3, 0.4) is 0 Å². The Kier molecular flexibility index (Phi) is 14.6. The highest BCUT2D eigenvalue weighted by Crippen LogP contribution is 2.42. The molecule has 376 valence electrons. The molecule has 0 saturated heterocycles. The maximum absolute atomic E-state index is 2.55. The Morgan fingerprint density at radius 2 is 0.757 bits per heavy atom. The molecule has 0 aliphatic heterocycles. The van der Waals surface area contributed by atoms with Gasteiger partial charge in [-0.3, -0.25) is 0 Å². The fourth-order valence-electron chi connectivity index (χ4n) is 12.9. The van der Waals surface area contributed by atoms with Gasteiger partial charge in [-0.2, -0.15) is 0 Å². The molecule has 3 heterocycles. The SMILES string of the molecule is CCCCC(CC)Cc1ccc(-n2c3ccccc3c3cc(-c4ccccc4-n4c5ccccc5c5cc(-n6c7ccc(CC(CC)CCC)cc7c7cc(CC(CC)CCCC)ccc76)ccc54)ccc32)cc1. The quantitative estimate of drug-likeness (QED) is 0.0682. The van der Waals surface area contributed by atoms with E-state index in [0.29, 0.717) is 5.92 Å². The zero-order valence-corrected chi connectivity index (χ0v) is 45.1. The van der Waals surface area contributed by atoms with Crippen LogP contribution in [0.4, 0.5) is 0 Å². The van der Waals surface area contributed by atoms with Crippen molar-refractivity contribution in [3.63, 3.8) is 0 Å². The highest BCUT2D eigenvalue weighted by molar-refractivity contribution is 6.14. The first-order chi connectivity index (χ1) is 36.4. The first kappa shape index (κ1) is 49.4. The summed E-state index contributed by atoms with van der Waals surface area (Å²) in [4.78, 5) is 0. The van der Waals surface area contributed by atoms with Crippen molar-refractivity contribution < 1.29 is 0 Å². The molecule has 0 N–H and O–H groups in total. The normalized spacial score (nSPS) is 13.3. The van der Waals surface area contributed by atoms with Crippen LogP contribution in [0.2, 0.25) is 0 Å². The topological polar surface area (TPSA) is 14.8 Å². The highest BCUT2D eigenvalue weighted by Gasteiger charge is 2.21. The van der Waals surface area contributed by atoms with Crippen LogP contribution < -0.4 is 0 Å². The van der Waals surface area contributed by atoms with Crippen LogP contribution in [0.15, 0.2) is 170 Å². The highest BCUT2D eigenvalue weighted by atomic mass is 15.0. The van der Waals surface area contributed by atoms with Gasteiger partial charge in [-0.1, -0.05) is 197 Å². The predicted molar refractivity (Wildman–Crippen MR) is 321 cm³/mol. The minimum absolute atomic E-state index is 0.715. The Morgan fingerprint density at radius 1 is 0.324 bits per heavy atom. The van der Waals surface area contributed by atoms with E-state index in [1.165, 1.54) is 181 Å². The average Bonchev–Trinajstić information content (AvgIpc) is 4.07. The van der Waals surface area contributed by atoms with Crippen molar-refractivity contribution in [1.29, 1.82) is 0 Å². The number of fused-ring (bicyclic) bond motifs is 9. The molecule has 0 radical (unpaired) electrons. The number of aromatic nitrogens is 3. The van der Waals surface area contributed by atoms with Crippen molar-refractivity contribution in [2.24, 2.45) is 17.8 Å². The van der Waals surface area contributed by atoms with Gasteiger partial charge in [-0.25, -0.2) is 0 Å². The van der Waals surface area contributed by atoms with Crippen LogP contribution >= 0.6 is 0 Å². The van der Waals surface area contributed by atoms with E-state index < -0.39 is 0 Å². The van der Waals surface area contributed by atoms with Gasteiger partial charge in [0.05, 0.1) is 38.8 Å². The Morgan fingerprint density at radius 3 is 1.35 bits per heavy atom. The molecule has 8 aromatic carbocycles. The Balaban J connectivity index is 1.01. The lowest BCUT2D eigenvalue weighted by atomic mass is 9.91. The van der Waals surface area contributed by atoms with Crippen molar-refractivity contribution in [2.75, 3.05) is 0 Å². The number of benzene rings is 8. The van der Waals surface area contributed by atoms with E-state index in [9.17, 15) is 0 Å². The zero-order valence-electron chi connectivity index (χ0n) is 45.1. The Labute approximate surface area is 440 Å². The maximum atomic E-state index is 2.55. The van der Waals surface area contributed by atoms with E-state index in [1.54, 1.807) is 0 Å². The summed E-state index contributed by atoms with van der Waals surface area (Å²) in [5.74, 6) is 2.18. The molecule has 3 nitrogen and oxygen atoms in total. The molecule has 0 aliphatic rings. The van der Waals surface area contributed by atoms with Crippen molar-refractivity contribution >= 4 is 65.4 Å². The summed E-state index contributed by atoms with van der Waals surface area (Å²) in [5.41, 5.74) is 17.9. The van der Waals surface area contributed by atoms with Gasteiger partial charge in [-0.15, -0.1) is 0 Å². The summed E-state index contributed by atoms with van der Waals surface area (Å²) in [6.07, 6.45) is 17.4. The first-order valence-corrected chi connectivity index (χ1v) is 28.7. The fraction of sp³-hybridized carbons (Fsp3) is 0.324. The second-order valence-corrected chi connectivity index (χ2v) is 21.9. The molecule has 3 unspecified atom stereocenters. The number of nitrogens with zero attached hydrogens (tertiary/aromatic N) is 3. The summed E-state index contributed by atoms with van der Waals surface area (Å²) in [6.45, 7) is 14.0. The minimum Gasteiger partial charge on any atom is -0.309 e. The second kappa shape index (κ2) is 21.9. The monoisotopic (exact) mass is 972 g/mol. The Bertz CT molecular complexity index is 3720. The third kappa shape index (κ3) is 9.37. The molecule has 0 bridgehead atoms. The standard InChI is InChI=1S/C71H77N3/c1-7-13-22-50(11-5)42-52-30-35-56(36-31-52)72-66-28-19-16-25-59(66)63-47-55(34-40-70(63)72)58-24-15-18-27-65(58)74-67-29-20-17-26-60(67)64-48-57(37-41-71(64)74)73-68-38-32-53(43-49(10-4)21-9-3)45-61(68)62-46-54(33-39-69(62)73)44-51(12-6)23-14-8-2/h15-20,24-41,45-51H,7-14,21-23,42-44H2,1-6H3. The number of unbranched alkanes of at least 4 members (excludes halogenated alkanes) is 2. The molecule has 3 heteroatoms. The fourth-order valence-corrected chi connectivity index (χ4v) is 12.9. The molecular weight excluding hydrogens is 895 g/mol. The lowest BCUT2D eigenvalue weighted by molar-refractivity contribution is 0.449. The van der Waals surface area contributed by atoms with Crippen molar-refractivity contribution in [1.82, 2.24) is 13.7 Å². The molecule has 3 aromatic heterocycles. The van der Waals surface area contributed by atoms with Crippen LogP contribution in [-0.2, 0) is 19.3 Å². The smallest absolute Gasteiger partial charge is 0.0542 e. The molecular formula is C71H77N3. The van der Waals surface area contributed by atoms with Crippen molar-refractivity contribution in [2.45, 2.75) is 131 Å². The summed E-state index contributed by atoms with van der Waals surface area (Å²) in [5, 5.41) is 7.82. The van der Waals surface area contributed by atoms with Gasteiger partial charge < -0.3 is 13.7 Å². The predicted octanol–water partition coefficient (Wildman–Crippen LogP) is 20.5. The molecule has 11 aromatic rings. The molecule has 11 rings (SSSR count). The van der Waals surface area contributed by atoms with E-state index in [1.807, 2.05) is 0 Å². The number of hydrogen-bond acceptors (Lipinski definition) is 0. The number of hydrogen-bond donors (Lipinski definition) is 0. The lowest BCUT2D eigenvalue weighted by Gasteiger charge is -2.16. The minimum atomic E-state index is 0.715. The molecule has 0 aliphatic carbocycles. The van der Waals surface area contributed by atoms with Crippen LogP contribution in [-0.4, -0.2) is 13.7 Å². The molecule has 0 saturated carbocycles. The summed E-state index contributed by atoms with van der Waals surface area (Å²) < 4.78 is 7.52. The van der Waals surface area contributed by atoms with Crippen molar-refractivity contribution in [3.05, 3.63) is 187 Å². The van der Waals surface area contributed by atoms with Gasteiger partial charge in [0.1, 0.15) is 0 Å². The van der Waals surface area contributed by atoms with Gasteiger partial charge in [0.15, 0.2) is 0 Å². The molecule has 0 fully saturated rings. The third-order valence-electron chi connectivity index (χ3n) is 17.1. The summed E-state index contributed by atoms with van der Waals surface area (Å²) in [6, 6.07) is 65.5. The molecule has 3 atom stereocenters. The largest absolute Gasteiger partial charge is 0.309 e. The van der Waals surface area contributed by atoms with E-state index in [2.05, 4.69) is 225 Å². The summed E-state index contributed by atoms with van der Waals surface area (Å²) in [7, 11) is 0. The van der Waals surface area contributed by atoms with E-state index in [0.717, 1.165) is 31.1 Å². The van der Waals surface area contributed by atoms with Crippen molar-refractivity contribution in [3.8, 4) is 28.2 Å². The van der Waals surface area contributed by atoms with Gasteiger partial charge in [0.25, 0.3) is 0 Å². The van der Waals surface area contributed by atoms with Gasteiger partial charge in [0.2, 0.25) is 0 Å². The lowest BCUT2D eigenvalue weighted by Crippen LogP contribution is -2.03. The Hall–Kier alpha value is -6.84. The number of para-hydroxylation sites is 3. The average molecular weight is 972 g/mol. The van der Waals surface area contributed by atoms with E-state index >= 15 is 0 Å².